The van der Waals surface area contributed by atoms with Crippen molar-refractivity contribution < 1.29 is 19.5 Å². The summed E-state index contributed by atoms with van der Waals surface area (Å²) >= 11 is 1.61. The van der Waals surface area contributed by atoms with E-state index in [1.165, 1.54) is 0 Å². The highest BCUT2D eigenvalue weighted by molar-refractivity contribution is 8.02. The van der Waals surface area contributed by atoms with Gasteiger partial charge in [0, 0.05) is 31.4 Å². The monoisotopic (exact) mass is 551 g/mol. The van der Waals surface area contributed by atoms with Crippen LogP contribution in [0.4, 0.5) is 0 Å². The van der Waals surface area contributed by atoms with Gasteiger partial charge in [-0.3, -0.25) is 14.4 Å². The van der Waals surface area contributed by atoms with Gasteiger partial charge in [-0.2, -0.15) is 0 Å². The third kappa shape index (κ3) is 4.95. The number of likely N-dealkylation sites (tertiary alicyclic amines) is 1. The zero-order chi connectivity index (χ0) is 27.6. The largest absolute Gasteiger partial charge is 0.394 e. The molecule has 1 aromatic rings. The minimum absolute atomic E-state index is 0.00341. The minimum atomic E-state index is -0.845. The van der Waals surface area contributed by atoms with E-state index in [0.29, 0.717) is 32.6 Å². The van der Waals surface area contributed by atoms with E-state index < -0.39 is 28.7 Å². The topological polar surface area (TPSA) is 81.2 Å². The summed E-state index contributed by atoms with van der Waals surface area (Å²) in [6.45, 7) is 6.28. The zero-order valence-electron chi connectivity index (χ0n) is 23.1. The summed E-state index contributed by atoms with van der Waals surface area (Å²) in [4.78, 5) is 48.3. The number of aliphatic hydroxyl groups excluding tert-OH is 1. The van der Waals surface area contributed by atoms with E-state index in [1.807, 2.05) is 52.3 Å². The van der Waals surface area contributed by atoms with Crippen LogP contribution in [0.5, 0.6) is 0 Å². The summed E-state index contributed by atoms with van der Waals surface area (Å²) in [6, 6.07) is 8.49. The van der Waals surface area contributed by atoms with Crippen LogP contribution in [-0.4, -0.2) is 92.4 Å². The maximum Gasteiger partial charge on any atom is 0.247 e. The summed E-state index contributed by atoms with van der Waals surface area (Å²) in [6.07, 6.45) is 12.5. The Kier molecular flexibility index (Phi) is 8.52. The molecule has 1 unspecified atom stereocenters. The molecule has 1 N–H and O–H groups in total. The van der Waals surface area contributed by atoms with Gasteiger partial charge in [-0.1, -0.05) is 81.3 Å². The second-order valence-electron chi connectivity index (χ2n) is 11.2. The lowest BCUT2D eigenvalue weighted by molar-refractivity contribution is -0.146. The van der Waals surface area contributed by atoms with Gasteiger partial charge in [0.1, 0.15) is 6.04 Å². The summed E-state index contributed by atoms with van der Waals surface area (Å²) < 4.78 is -0.845. The fourth-order valence-electron chi connectivity index (χ4n) is 6.93. The highest BCUT2D eigenvalue weighted by Gasteiger charge is 2.71. The van der Waals surface area contributed by atoms with Gasteiger partial charge in [-0.15, -0.1) is 11.8 Å². The van der Waals surface area contributed by atoms with Crippen molar-refractivity contribution in [2.45, 2.75) is 68.0 Å². The fraction of sp³-hybridized carbons (Fsp3) is 0.581. The molecule has 3 amide bonds. The molecular weight excluding hydrogens is 510 g/mol. The molecule has 2 saturated heterocycles. The van der Waals surface area contributed by atoms with Crippen molar-refractivity contribution in [3.05, 3.63) is 60.2 Å². The second kappa shape index (κ2) is 11.9. The molecule has 210 valence electrons. The lowest BCUT2D eigenvalue weighted by atomic mass is 9.78. The van der Waals surface area contributed by atoms with Crippen molar-refractivity contribution in [1.82, 2.24) is 14.7 Å². The first-order chi connectivity index (χ1) is 19.0. The van der Waals surface area contributed by atoms with Crippen molar-refractivity contribution in [2.24, 2.45) is 11.8 Å². The predicted molar refractivity (Wildman–Crippen MR) is 154 cm³/mol. The van der Waals surface area contributed by atoms with E-state index in [0.717, 1.165) is 31.2 Å². The molecule has 0 aromatic heterocycles. The molecule has 1 aromatic carbocycles. The van der Waals surface area contributed by atoms with Gasteiger partial charge in [0.15, 0.2) is 0 Å². The second-order valence-corrected chi connectivity index (χ2v) is 12.7. The zero-order valence-corrected chi connectivity index (χ0v) is 23.9. The highest BCUT2D eigenvalue weighted by atomic mass is 32.2. The summed E-state index contributed by atoms with van der Waals surface area (Å²) in [5.74, 6) is -1.41. The van der Waals surface area contributed by atoms with Gasteiger partial charge >= 0.3 is 0 Å². The van der Waals surface area contributed by atoms with Gasteiger partial charge < -0.3 is 19.8 Å². The Labute approximate surface area is 236 Å². The minimum Gasteiger partial charge on any atom is -0.394 e. The first kappa shape index (κ1) is 28.0. The Balaban J connectivity index is 1.57. The number of carbonyl (C=O) groups excluding carboxylic acids is 3. The molecule has 7 nitrogen and oxygen atoms in total. The Morgan fingerprint density at radius 1 is 0.949 bits per heavy atom. The van der Waals surface area contributed by atoms with Crippen LogP contribution in [-0.2, 0) is 20.8 Å². The highest BCUT2D eigenvalue weighted by Crippen LogP contribution is 2.61. The first-order valence-corrected chi connectivity index (χ1v) is 15.4. The Hall–Kier alpha value is -2.58. The number of thioether (sulfide) groups is 1. The molecule has 4 aliphatic heterocycles. The van der Waals surface area contributed by atoms with E-state index in [-0.39, 0.29) is 29.6 Å². The maximum atomic E-state index is 14.5. The van der Waals surface area contributed by atoms with E-state index >= 15 is 0 Å². The Morgan fingerprint density at radius 2 is 1.69 bits per heavy atom. The number of amides is 3. The number of aliphatic hydroxyl groups is 1. The standard InChI is InChI=1S/C31H41N3O4S/c1-3-5-9-17-33-19-11-15-31-26(25-24(39-31)14-10-18-32(16-4-2)28(25)36)29(37)34(27(31)30(33)38)23(21-35)20-22-12-7-6-8-13-22/h6-8,10-15,23-27,35H,3-5,9,16-21H2,1-2H3/t23-,24-,25+,26+,27?,31+/m1/s1. The van der Waals surface area contributed by atoms with E-state index in [2.05, 4.69) is 26.0 Å². The molecule has 4 heterocycles. The predicted octanol–water partition coefficient (Wildman–Crippen LogP) is 3.28. The molecule has 2 fully saturated rings. The average Bonchev–Trinajstić information content (AvgIpc) is 3.27. The molecule has 5 rings (SSSR count). The van der Waals surface area contributed by atoms with Gasteiger partial charge in [0.2, 0.25) is 17.7 Å². The molecule has 0 bridgehead atoms. The quantitative estimate of drug-likeness (QED) is 0.357. The van der Waals surface area contributed by atoms with Crippen LogP contribution in [0, 0.1) is 11.8 Å². The van der Waals surface area contributed by atoms with Crippen LogP contribution in [0.15, 0.2) is 54.6 Å². The third-order valence-corrected chi connectivity index (χ3v) is 10.5. The third-order valence-electron chi connectivity index (χ3n) is 8.71. The van der Waals surface area contributed by atoms with Crippen molar-refractivity contribution in [3.8, 4) is 0 Å². The lowest BCUT2D eigenvalue weighted by Crippen LogP contribution is -2.57. The first-order valence-electron chi connectivity index (χ1n) is 14.5. The number of carbonyl (C=O) groups is 3. The molecule has 0 aliphatic carbocycles. The van der Waals surface area contributed by atoms with Crippen molar-refractivity contribution in [2.75, 3.05) is 32.8 Å². The molecule has 4 aliphatic rings. The summed E-state index contributed by atoms with van der Waals surface area (Å²) in [7, 11) is 0. The van der Waals surface area contributed by atoms with Crippen LogP contribution in [0.1, 0.15) is 45.1 Å². The van der Waals surface area contributed by atoms with Crippen LogP contribution in [0.3, 0.4) is 0 Å². The SMILES string of the molecule is CCCCCN1CC=C[C@]23S[C@@H]4C=CCN(CCC)C(=O)[C@@H]4[C@H]2C(=O)N([C@@H](CO)Cc2ccccc2)C3C1=O. The van der Waals surface area contributed by atoms with Gasteiger partial charge in [-0.25, -0.2) is 0 Å². The Bertz CT molecular complexity index is 1120. The van der Waals surface area contributed by atoms with Gasteiger partial charge in [-0.05, 0) is 24.8 Å². The van der Waals surface area contributed by atoms with Crippen LogP contribution < -0.4 is 0 Å². The van der Waals surface area contributed by atoms with Crippen molar-refractivity contribution in [3.63, 3.8) is 0 Å². The lowest BCUT2D eigenvalue weighted by Gasteiger charge is -2.38. The number of benzene rings is 1. The number of hydrogen-bond donors (Lipinski definition) is 1. The summed E-state index contributed by atoms with van der Waals surface area (Å²) in [5.41, 5.74) is 1.00. The smallest absolute Gasteiger partial charge is 0.247 e. The molecule has 1 spiro atoms. The molecule has 8 heteroatoms. The average molecular weight is 552 g/mol. The molecule has 0 saturated carbocycles. The molecule has 0 radical (unpaired) electrons. The normalized spacial score (nSPS) is 30.7. The van der Waals surface area contributed by atoms with E-state index in [9.17, 15) is 19.5 Å². The fourth-order valence-corrected chi connectivity index (χ4v) is 8.92. The van der Waals surface area contributed by atoms with E-state index in [1.54, 1.807) is 16.7 Å². The molecule has 39 heavy (non-hydrogen) atoms. The summed E-state index contributed by atoms with van der Waals surface area (Å²) in [5, 5.41) is 10.5. The molecular formula is C31H41N3O4S. The number of unbranched alkanes of at least 4 members (excludes halogenated alkanes) is 2. The van der Waals surface area contributed by atoms with E-state index in [4.69, 9.17) is 0 Å². The van der Waals surface area contributed by atoms with Gasteiger partial charge in [0.05, 0.1) is 29.2 Å². The number of fused-ring (bicyclic) bond motifs is 2. The maximum absolute atomic E-state index is 14.5. The van der Waals surface area contributed by atoms with Crippen LogP contribution in [0.25, 0.3) is 0 Å². The Morgan fingerprint density at radius 3 is 2.41 bits per heavy atom. The number of nitrogens with zero attached hydrogens (tertiary/aromatic N) is 3. The number of rotatable bonds is 10. The van der Waals surface area contributed by atoms with Crippen LogP contribution in [0.2, 0.25) is 0 Å². The molecule has 6 atom stereocenters. The van der Waals surface area contributed by atoms with Crippen molar-refractivity contribution in [1.29, 1.82) is 0 Å². The van der Waals surface area contributed by atoms with Crippen molar-refractivity contribution >= 4 is 29.5 Å². The van der Waals surface area contributed by atoms with Gasteiger partial charge in [0.25, 0.3) is 0 Å². The van der Waals surface area contributed by atoms with Crippen LogP contribution >= 0.6 is 11.8 Å². The number of hydrogen-bond acceptors (Lipinski definition) is 5.